The molecule has 1 aliphatic carbocycles. The third-order valence-electron chi connectivity index (χ3n) is 4.31. The van der Waals surface area contributed by atoms with Gasteiger partial charge in [-0.3, -0.25) is 4.40 Å². The van der Waals surface area contributed by atoms with Crippen LogP contribution in [0.2, 0.25) is 0 Å². The number of benzene rings is 1. The molecule has 1 N–H and O–H groups in total. The summed E-state index contributed by atoms with van der Waals surface area (Å²) in [4.78, 5) is 8.86. The molecule has 1 aliphatic rings. The summed E-state index contributed by atoms with van der Waals surface area (Å²) in [6, 6.07) is 3.29. The number of aryl methyl sites for hydroxylation is 1. The summed E-state index contributed by atoms with van der Waals surface area (Å²) in [6.45, 7) is 3.87. The lowest BCUT2D eigenvalue weighted by Crippen LogP contribution is -2.06. The fourth-order valence-corrected chi connectivity index (χ4v) is 2.92. The predicted octanol–water partition coefficient (Wildman–Crippen LogP) is 4.37. The van der Waals surface area contributed by atoms with Gasteiger partial charge in [0, 0.05) is 11.8 Å². The Morgan fingerprint density at radius 1 is 1.22 bits per heavy atom. The van der Waals surface area contributed by atoms with Crippen LogP contribution in [0.1, 0.15) is 25.3 Å². The monoisotopic (exact) mass is 308 g/mol. The molecular formula is C18H17FN4. The van der Waals surface area contributed by atoms with Crippen molar-refractivity contribution in [2.75, 3.05) is 5.32 Å². The van der Waals surface area contributed by atoms with E-state index in [0.29, 0.717) is 16.9 Å². The van der Waals surface area contributed by atoms with E-state index < -0.39 is 0 Å². The summed E-state index contributed by atoms with van der Waals surface area (Å²) >= 11 is 0. The summed E-state index contributed by atoms with van der Waals surface area (Å²) in [5, 5.41) is 3.38. The maximum absolute atomic E-state index is 13.9. The Balaban J connectivity index is 1.93. The average Bonchev–Trinajstić information content (AvgIpc) is 3.02. The number of fused-ring (bicyclic) bond motifs is 3. The van der Waals surface area contributed by atoms with E-state index in [2.05, 4.69) is 34.4 Å². The number of anilines is 1. The van der Waals surface area contributed by atoms with Gasteiger partial charge in [0.05, 0.1) is 23.6 Å². The van der Waals surface area contributed by atoms with Crippen molar-refractivity contribution >= 4 is 22.4 Å². The van der Waals surface area contributed by atoms with E-state index >= 15 is 0 Å². The Labute approximate surface area is 133 Å². The molecule has 1 aromatic carbocycles. The number of nitrogens with zero attached hydrogens (tertiary/aromatic N) is 3. The molecule has 23 heavy (non-hydrogen) atoms. The molecular weight excluding hydrogens is 291 g/mol. The number of nitrogens with one attached hydrogen (secondary N) is 1. The number of aromatic nitrogens is 3. The molecule has 116 valence electrons. The topological polar surface area (TPSA) is 42.2 Å². The Kier molecular flexibility index (Phi) is 3.15. The van der Waals surface area contributed by atoms with Gasteiger partial charge in [-0.1, -0.05) is 6.08 Å². The third kappa shape index (κ3) is 2.29. The minimum Gasteiger partial charge on any atom is -0.338 e. The summed E-state index contributed by atoms with van der Waals surface area (Å²) < 4.78 is 15.9. The first kappa shape index (κ1) is 13.9. The molecule has 0 fully saturated rings. The van der Waals surface area contributed by atoms with Gasteiger partial charge in [0.1, 0.15) is 11.3 Å². The van der Waals surface area contributed by atoms with Crippen molar-refractivity contribution in [1.82, 2.24) is 14.4 Å². The van der Waals surface area contributed by atoms with Gasteiger partial charge in [0.2, 0.25) is 0 Å². The van der Waals surface area contributed by atoms with E-state index in [-0.39, 0.29) is 5.82 Å². The number of imidazole rings is 1. The third-order valence-corrected chi connectivity index (χ3v) is 4.31. The molecule has 0 bridgehead atoms. The second-order valence-corrected chi connectivity index (χ2v) is 5.96. The largest absolute Gasteiger partial charge is 0.338 e. The average molecular weight is 308 g/mol. The zero-order valence-corrected chi connectivity index (χ0v) is 13.1. The van der Waals surface area contributed by atoms with Crippen molar-refractivity contribution in [2.24, 2.45) is 0 Å². The van der Waals surface area contributed by atoms with E-state index in [1.165, 1.54) is 11.6 Å². The van der Waals surface area contributed by atoms with Crippen molar-refractivity contribution in [1.29, 1.82) is 0 Å². The van der Waals surface area contributed by atoms with Crippen LogP contribution < -0.4 is 5.32 Å². The van der Waals surface area contributed by atoms with Gasteiger partial charge in [-0.25, -0.2) is 14.4 Å². The van der Waals surface area contributed by atoms with Gasteiger partial charge in [0.25, 0.3) is 0 Å². The molecule has 0 saturated carbocycles. The molecule has 2 heterocycles. The number of halogens is 1. The van der Waals surface area contributed by atoms with Crippen molar-refractivity contribution in [3.8, 4) is 0 Å². The smallest absolute Gasteiger partial charge is 0.157 e. The fraction of sp³-hybridized carbons (Fsp3) is 0.222. The Morgan fingerprint density at radius 3 is 2.91 bits per heavy atom. The first-order valence-electron chi connectivity index (χ1n) is 7.69. The van der Waals surface area contributed by atoms with Gasteiger partial charge in [-0.15, -0.1) is 0 Å². The molecule has 0 atom stereocenters. The fourth-order valence-electron chi connectivity index (χ4n) is 2.92. The maximum Gasteiger partial charge on any atom is 0.157 e. The summed E-state index contributed by atoms with van der Waals surface area (Å²) in [7, 11) is 0. The highest BCUT2D eigenvalue weighted by molar-refractivity contribution is 5.85. The minimum absolute atomic E-state index is 0.247. The van der Waals surface area contributed by atoms with Crippen LogP contribution in [0.15, 0.2) is 48.1 Å². The molecule has 0 radical (unpaired) electrons. The normalized spacial score (nSPS) is 14.9. The van der Waals surface area contributed by atoms with E-state index in [0.717, 1.165) is 29.6 Å². The molecule has 0 amide bonds. The number of allylic oxidation sites excluding steroid dienone is 3. The number of hydrogen-bond donors (Lipinski definition) is 1. The van der Waals surface area contributed by atoms with Crippen LogP contribution in [-0.2, 0) is 0 Å². The van der Waals surface area contributed by atoms with Crippen LogP contribution >= 0.6 is 0 Å². The van der Waals surface area contributed by atoms with Gasteiger partial charge in [0.15, 0.2) is 5.82 Å². The highest BCUT2D eigenvalue weighted by Gasteiger charge is 2.13. The number of rotatable bonds is 2. The van der Waals surface area contributed by atoms with E-state index in [1.807, 2.05) is 4.40 Å². The summed E-state index contributed by atoms with van der Waals surface area (Å²) in [5.74, 6) is 0.447. The van der Waals surface area contributed by atoms with Gasteiger partial charge >= 0.3 is 0 Å². The standard InChI is InChI=1S/C18H17FN4/c1-11-5-3-4-6-14(11)21-18-17-9-20-10-23(17)16-7-12(2)13(19)8-15(16)22-18/h4,6-10H,3,5H2,1-2H3,(H,21,22). The highest BCUT2D eigenvalue weighted by Crippen LogP contribution is 2.26. The van der Waals surface area contributed by atoms with Crippen molar-refractivity contribution < 1.29 is 4.39 Å². The molecule has 0 spiro atoms. The quantitative estimate of drug-likeness (QED) is 0.764. The number of hydrogen-bond acceptors (Lipinski definition) is 3. The van der Waals surface area contributed by atoms with Crippen molar-refractivity contribution in [2.45, 2.75) is 26.7 Å². The Hall–Kier alpha value is -2.69. The molecule has 0 aliphatic heterocycles. The van der Waals surface area contributed by atoms with Crippen LogP contribution in [0.3, 0.4) is 0 Å². The minimum atomic E-state index is -0.247. The SMILES string of the molecule is CC1=C(Nc2nc3cc(F)c(C)cc3n3cncc23)C=CCC1. The van der Waals surface area contributed by atoms with Crippen LogP contribution in [-0.4, -0.2) is 14.4 Å². The van der Waals surface area contributed by atoms with Gasteiger partial charge in [-0.2, -0.15) is 0 Å². The Morgan fingerprint density at radius 2 is 2.09 bits per heavy atom. The highest BCUT2D eigenvalue weighted by atomic mass is 19.1. The molecule has 0 unspecified atom stereocenters. The van der Waals surface area contributed by atoms with E-state index in [9.17, 15) is 4.39 Å². The maximum atomic E-state index is 13.9. The molecule has 3 aromatic rings. The molecule has 4 rings (SSSR count). The second kappa shape index (κ2) is 5.19. The predicted molar refractivity (Wildman–Crippen MR) is 89.9 cm³/mol. The Bertz CT molecular complexity index is 982. The van der Waals surface area contributed by atoms with Crippen molar-refractivity contribution in [3.05, 3.63) is 59.5 Å². The summed E-state index contributed by atoms with van der Waals surface area (Å²) in [6.07, 6.45) is 9.83. The van der Waals surface area contributed by atoms with Crippen molar-refractivity contribution in [3.63, 3.8) is 0 Å². The first-order valence-corrected chi connectivity index (χ1v) is 7.69. The molecule has 2 aromatic heterocycles. The summed E-state index contributed by atoms with van der Waals surface area (Å²) in [5.41, 5.74) is 5.29. The molecule has 5 heteroatoms. The molecule has 4 nitrogen and oxygen atoms in total. The lowest BCUT2D eigenvalue weighted by atomic mass is 10.0. The van der Waals surface area contributed by atoms with Gasteiger partial charge < -0.3 is 5.32 Å². The zero-order valence-electron chi connectivity index (χ0n) is 13.1. The zero-order chi connectivity index (χ0) is 16.0. The lowest BCUT2D eigenvalue weighted by Gasteiger charge is -2.16. The molecule has 0 saturated heterocycles. The van der Waals surface area contributed by atoms with E-state index in [4.69, 9.17) is 0 Å². The second-order valence-electron chi connectivity index (χ2n) is 5.96. The van der Waals surface area contributed by atoms with Crippen LogP contribution in [0.4, 0.5) is 10.2 Å². The van der Waals surface area contributed by atoms with Gasteiger partial charge in [-0.05, 0) is 50.0 Å². The first-order chi connectivity index (χ1) is 11.1. The lowest BCUT2D eigenvalue weighted by molar-refractivity contribution is 0.620. The van der Waals surface area contributed by atoms with Crippen LogP contribution in [0, 0.1) is 12.7 Å². The van der Waals surface area contributed by atoms with E-state index in [1.54, 1.807) is 25.5 Å². The van der Waals surface area contributed by atoms with Crippen LogP contribution in [0.5, 0.6) is 0 Å². The van der Waals surface area contributed by atoms with Crippen LogP contribution in [0.25, 0.3) is 16.6 Å².